The van der Waals surface area contributed by atoms with Crippen LogP contribution in [0.1, 0.15) is 41.0 Å². The van der Waals surface area contributed by atoms with E-state index in [0.717, 1.165) is 25.9 Å². The van der Waals surface area contributed by atoms with Gasteiger partial charge in [0.2, 0.25) is 0 Å². The van der Waals surface area contributed by atoms with Crippen LogP contribution in [0.25, 0.3) is 11.4 Å². The van der Waals surface area contributed by atoms with Gasteiger partial charge < -0.3 is 9.67 Å². The quantitative estimate of drug-likeness (QED) is 0.463. The summed E-state index contributed by atoms with van der Waals surface area (Å²) in [4.78, 5) is 23.5. The largest absolute Gasteiger partial charge is 0.477 e. The van der Waals surface area contributed by atoms with Crippen LogP contribution in [0.2, 0.25) is 15.2 Å². The minimum atomic E-state index is -1.05. The van der Waals surface area contributed by atoms with Gasteiger partial charge >= 0.3 is 5.97 Å². The average molecular weight is 480 g/mol. The van der Waals surface area contributed by atoms with Crippen LogP contribution in [0, 0.1) is 0 Å². The molecule has 9 heteroatoms. The number of benzene rings is 1. The molecule has 2 aromatic heterocycles. The second kappa shape index (κ2) is 9.57. The number of carboxylic acid groups (broad SMARTS) is 1. The standard InChI is InChI=1S/C22H21Cl3N4O2/c23-15-6-7-17(24)14(11-15)12-29-19(22(30)31)18(13-28-9-2-1-3-10-28)27-21(29)16-5-4-8-26-20(16)25/h4-8,11H,1-3,9-10,12-13H2,(H,30,31). The molecule has 1 aromatic carbocycles. The van der Waals surface area contributed by atoms with E-state index in [4.69, 9.17) is 39.8 Å². The Morgan fingerprint density at radius 1 is 1.06 bits per heavy atom. The predicted molar refractivity (Wildman–Crippen MR) is 122 cm³/mol. The van der Waals surface area contributed by atoms with Crippen LogP contribution in [-0.4, -0.2) is 43.6 Å². The number of hydrogen-bond donors (Lipinski definition) is 1. The lowest BCUT2D eigenvalue weighted by molar-refractivity contribution is 0.0682. The van der Waals surface area contributed by atoms with E-state index in [1.807, 2.05) is 0 Å². The van der Waals surface area contributed by atoms with Crippen molar-refractivity contribution in [1.82, 2.24) is 19.4 Å². The highest BCUT2D eigenvalue weighted by atomic mass is 35.5. The number of piperidine rings is 1. The molecule has 1 aliphatic rings. The van der Waals surface area contributed by atoms with Crippen molar-refractivity contribution in [2.45, 2.75) is 32.4 Å². The van der Waals surface area contributed by atoms with Crippen molar-refractivity contribution in [3.63, 3.8) is 0 Å². The van der Waals surface area contributed by atoms with Gasteiger partial charge in [0.1, 0.15) is 11.0 Å². The number of rotatable bonds is 6. The van der Waals surface area contributed by atoms with E-state index in [9.17, 15) is 9.90 Å². The van der Waals surface area contributed by atoms with Crippen LogP contribution in [0.15, 0.2) is 36.5 Å². The fourth-order valence-electron chi connectivity index (χ4n) is 3.93. The molecule has 1 saturated heterocycles. The van der Waals surface area contributed by atoms with Gasteiger partial charge in [-0.3, -0.25) is 4.90 Å². The Hall–Kier alpha value is -2.12. The first-order chi connectivity index (χ1) is 14.9. The van der Waals surface area contributed by atoms with Gasteiger partial charge in [-0.05, 0) is 61.8 Å². The maximum atomic E-state index is 12.4. The lowest BCUT2D eigenvalue weighted by Crippen LogP contribution is -2.30. The van der Waals surface area contributed by atoms with Crippen LogP contribution in [0.5, 0.6) is 0 Å². The molecule has 162 valence electrons. The Labute approximate surface area is 195 Å². The number of hydrogen-bond acceptors (Lipinski definition) is 4. The average Bonchev–Trinajstić information content (AvgIpc) is 3.09. The van der Waals surface area contributed by atoms with E-state index in [2.05, 4.69) is 9.88 Å². The number of aromatic nitrogens is 3. The van der Waals surface area contributed by atoms with Gasteiger partial charge in [0.05, 0.1) is 17.8 Å². The summed E-state index contributed by atoms with van der Waals surface area (Å²) in [5.74, 6) is -0.609. The molecule has 0 amide bonds. The first kappa shape index (κ1) is 22.1. The number of halogens is 3. The van der Waals surface area contributed by atoms with E-state index in [0.29, 0.717) is 39.2 Å². The van der Waals surface area contributed by atoms with Crippen molar-refractivity contribution in [3.8, 4) is 11.4 Å². The number of pyridine rings is 1. The highest BCUT2D eigenvalue weighted by Gasteiger charge is 2.27. The number of likely N-dealkylation sites (tertiary alicyclic amines) is 1. The van der Waals surface area contributed by atoms with Crippen molar-refractivity contribution in [3.05, 3.63) is 68.7 Å². The zero-order valence-electron chi connectivity index (χ0n) is 16.7. The number of carboxylic acids is 1. The SMILES string of the molecule is O=C(O)c1c(CN2CCCCC2)nc(-c2cccnc2Cl)n1Cc1cc(Cl)ccc1Cl. The summed E-state index contributed by atoms with van der Waals surface area (Å²) < 4.78 is 1.64. The highest BCUT2D eigenvalue weighted by molar-refractivity contribution is 6.33. The number of aromatic carboxylic acids is 1. The smallest absolute Gasteiger partial charge is 0.354 e. The van der Waals surface area contributed by atoms with E-state index < -0.39 is 5.97 Å². The fourth-order valence-corrected chi connectivity index (χ4v) is 4.50. The molecule has 0 unspecified atom stereocenters. The molecule has 4 rings (SSSR count). The maximum Gasteiger partial charge on any atom is 0.354 e. The van der Waals surface area contributed by atoms with Gasteiger partial charge in [-0.25, -0.2) is 14.8 Å². The van der Waals surface area contributed by atoms with Crippen LogP contribution in [0.3, 0.4) is 0 Å². The zero-order chi connectivity index (χ0) is 22.0. The minimum Gasteiger partial charge on any atom is -0.477 e. The van der Waals surface area contributed by atoms with Crippen LogP contribution in [-0.2, 0) is 13.1 Å². The molecule has 3 heterocycles. The summed E-state index contributed by atoms with van der Waals surface area (Å²) >= 11 is 18.9. The Morgan fingerprint density at radius 2 is 1.84 bits per heavy atom. The van der Waals surface area contributed by atoms with Gasteiger partial charge in [-0.15, -0.1) is 0 Å². The summed E-state index contributed by atoms with van der Waals surface area (Å²) in [6.45, 7) is 2.50. The van der Waals surface area contributed by atoms with Crippen molar-refractivity contribution in [2.24, 2.45) is 0 Å². The third kappa shape index (κ3) is 4.88. The summed E-state index contributed by atoms with van der Waals surface area (Å²) in [6, 6.07) is 8.65. The van der Waals surface area contributed by atoms with E-state index in [-0.39, 0.29) is 17.4 Å². The van der Waals surface area contributed by atoms with Crippen molar-refractivity contribution in [1.29, 1.82) is 0 Å². The molecule has 0 bridgehead atoms. The summed E-state index contributed by atoms with van der Waals surface area (Å²) in [7, 11) is 0. The number of nitrogens with zero attached hydrogens (tertiary/aromatic N) is 4. The molecule has 3 aromatic rings. The Bertz CT molecular complexity index is 1110. The first-order valence-corrected chi connectivity index (χ1v) is 11.2. The normalized spacial score (nSPS) is 14.7. The third-order valence-electron chi connectivity index (χ3n) is 5.40. The van der Waals surface area contributed by atoms with Crippen LogP contribution >= 0.6 is 34.8 Å². The topological polar surface area (TPSA) is 71.2 Å². The van der Waals surface area contributed by atoms with Crippen LogP contribution in [0.4, 0.5) is 0 Å². The molecule has 1 N–H and O–H groups in total. The number of imidazole rings is 1. The van der Waals surface area contributed by atoms with Crippen molar-refractivity contribution < 1.29 is 9.90 Å². The Kier molecular flexibility index (Phi) is 6.82. The van der Waals surface area contributed by atoms with Gasteiger partial charge in [0, 0.05) is 22.8 Å². The predicted octanol–water partition coefficient (Wildman–Crippen LogP) is 5.64. The molecular weight excluding hydrogens is 459 g/mol. The monoisotopic (exact) mass is 478 g/mol. The Balaban J connectivity index is 1.85. The van der Waals surface area contributed by atoms with Crippen LogP contribution < -0.4 is 0 Å². The van der Waals surface area contributed by atoms with E-state index in [1.165, 1.54) is 6.42 Å². The number of carbonyl (C=O) groups is 1. The molecule has 31 heavy (non-hydrogen) atoms. The zero-order valence-corrected chi connectivity index (χ0v) is 19.0. The maximum absolute atomic E-state index is 12.4. The fraction of sp³-hybridized carbons (Fsp3) is 0.318. The molecule has 1 fully saturated rings. The summed E-state index contributed by atoms with van der Waals surface area (Å²) in [6.07, 6.45) is 4.98. The molecule has 0 aliphatic carbocycles. The van der Waals surface area contributed by atoms with Crippen molar-refractivity contribution >= 4 is 40.8 Å². The van der Waals surface area contributed by atoms with E-state index >= 15 is 0 Å². The highest BCUT2D eigenvalue weighted by Crippen LogP contribution is 2.31. The molecule has 0 radical (unpaired) electrons. The van der Waals surface area contributed by atoms with E-state index in [1.54, 1.807) is 41.1 Å². The second-order valence-corrected chi connectivity index (χ2v) is 8.74. The molecule has 0 spiro atoms. The first-order valence-electron chi connectivity index (χ1n) is 10.0. The molecule has 6 nitrogen and oxygen atoms in total. The Morgan fingerprint density at radius 3 is 2.55 bits per heavy atom. The summed E-state index contributed by atoms with van der Waals surface area (Å²) in [5.41, 5.74) is 1.88. The molecule has 1 aliphatic heterocycles. The van der Waals surface area contributed by atoms with Gasteiger partial charge in [0.25, 0.3) is 0 Å². The third-order valence-corrected chi connectivity index (χ3v) is 6.31. The lowest BCUT2D eigenvalue weighted by atomic mass is 10.1. The van der Waals surface area contributed by atoms with Crippen molar-refractivity contribution in [2.75, 3.05) is 13.1 Å². The van der Waals surface area contributed by atoms with Gasteiger partial charge in [0.15, 0.2) is 5.69 Å². The second-order valence-electron chi connectivity index (χ2n) is 7.54. The molecule has 0 saturated carbocycles. The summed E-state index contributed by atoms with van der Waals surface area (Å²) in [5, 5.41) is 11.4. The van der Waals surface area contributed by atoms with Gasteiger partial charge in [-0.1, -0.05) is 41.2 Å². The van der Waals surface area contributed by atoms with Gasteiger partial charge in [-0.2, -0.15) is 0 Å². The molecular formula is C22H21Cl3N4O2. The molecule has 0 atom stereocenters. The lowest BCUT2D eigenvalue weighted by Gasteiger charge is -2.25. The minimum absolute atomic E-state index is 0.122.